The second-order valence-corrected chi connectivity index (χ2v) is 6.54. The largest absolute Gasteiger partial charge is 0.454 e. The molecule has 0 bridgehead atoms. The van der Waals surface area contributed by atoms with Crippen molar-refractivity contribution < 1.29 is 14.3 Å². The van der Waals surface area contributed by atoms with Crippen LogP contribution in [-0.4, -0.2) is 22.7 Å². The predicted molar refractivity (Wildman–Crippen MR) is 105 cm³/mol. The molecule has 0 spiro atoms. The van der Waals surface area contributed by atoms with Gasteiger partial charge in [-0.3, -0.25) is 4.79 Å². The third kappa shape index (κ3) is 3.73. The Labute approximate surface area is 162 Å². The summed E-state index contributed by atoms with van der Waals surface area (Å²) in [5.74, 6) is 1.62. The standard InChI is InChI=1S/C21H20N4O3/c1-13-4-3-5-17(14(13)2)25-21-23-10-16(11-24-21)20(26)22-9-15-6-7-18-19(8-15)28-12-27-18/h3-8,10-11H,9,12H2,1-2H3,(H,22,26)(H,23,24,25). The zero-order valence-corrected chi connectivity index (χ0v) is 15.7. The molecule has 2 heterocycles. The second-order valence-electron chi connectivity index (χ2n) is 6.54. The van der Waals surface area contributed by atoms with E-state index < -0.39 is 0 Å². The Bertz CT molecular complexity index is 1020. The second kappa shape index (κ2) is 7.56. The smallest absolute Gasteiger partial charge is 0.254 e. The summed E-state index contributed by atoms with van der Waals surface area (Å²) < 4.78 is 10.6. The lowest BCUT2D eigenvalue weighted by Crippen LogP contribution is -2.23. The van der Waals surface area contributed by atoms with Crippen LogP contribution in [0.5, 0.6) is 11.5 Å². The quantitative estimate of drug-likeness (QED) is 0.709. The van der Waals surface area contributed by atoms with E-state index in [9.17, 15) is 4.79 Å². The van der Waals surface area contributed by atoms with Crippen LogP contribution in [0.15, 0.2) is 48.8 Å². The molecule has 0 unspecified atom stereocenters. The maximum atomic E-state index is 12.4. The maximum absolute atomic E-state index is 12.4. The van der Waals surface area contributed by atoms with Crippen LogP contribution in [-0.2, 0) is 6.54 Å². The fourth-order valence-corrected chi connectivity index (χ4v) is 2.85. The van der Waals surface area contributed by atoms with Gasteiger partial charge in [0.2, 0.25) is 12.7 Å². The van der Waals surface area contributed by atoms with Gasteiger partial charge in [0.25, 0.3) is 5.91 Å². The number of aromatic nitrogens is 2. The van der Waals surface area contributed by atoms with Crippen LogP contribution in [0.25, 0.3) is 0 Å². The molecule has 4 rings (SSSR count). The van der Waals surface area contributed by atoms with E-state index >= 15 is 0 Å². The summed E-state index contributed by atoms with van der Waals surface area (Å²) >= 11 is 0. The molecule has 0 saturated carbocycles. The molecule has 2 aromatic carbocycles. The number of fused-ring (bicyclic) bond motifs is 1. The number of aryl methyl sites for hydroxylation is 1. The highest BCUT2D eigenvalue weighted by atomic mass is 16.7. The van der Waals surface area contributed by atoms with E-state index in [-0.39, 0.29) is 12.7 Å². The van der Waals surface area contributed by atoms with Crippen LogP contribution < -0.4 is 20.1 Å². The van der Waals surface area contributed by atoms with Crippen molar-refractivity contribution in [2.24, 2.45) is 0 Å². The number of benzene rings is 2. The van der Waals surface area contributed by atoms with Crippen molar-refractivity contribution >= 4 is 17.5 Å². The lowest BCUT2D eigenvalue weighted by atomic mass is 10.1. The molecule has 28 heavy (non-hydrogen) atoms. The monoisotopic (exact) mass is 376 g/mol. The van der Waals surface area contributed by atoms with Crippen molar-refractivity contribution in [1.29, 1.82) is 0 Å². The van der Waals surface area contributed by atoms with Gasteiger partial charge in [-0.1, -0.05) is 18.2 Å². The van der Waals surface area contributed by atoms with Crippen LogP contribution in [0, 0.1) is 13.8 Å². The lowest BCUT2D eigenvalue weighted by Gasteiger charge is -2.10. The van der Waals surface area contributed by atoms with Crippen LogP contribution in [0.4, 0.5) is 11.6 Å². The van der Waals surface area contributed by atoms with Gasteiger partial charge in [-0.25, -0.2) is 9.97 Å². The zero-order chi connectivity index (χ0) is 19.5. The highest BCUT2D eigenvalue weighted by Gasteiger charge is 2.14. The zero-order valence-electron chi connectivity index (χ0n) is 15.7. The first kappa shape index (κ1) is 17.8. The summed E-state index contributed by atoms with van der Waals surface area (Å²) in [6.45, 7) is 4.69. The molecule has 0 atom stereocenters. The van der Waals surface area contributed by atoms with Crippen molar-refractivity contribution in [1.82, 2.24) is 15.3 Å². The number of carbonyl (C=O) groups is 1. The Morgan fingerprint density at radius 1 is 1.07 bits per heavy atom. The molecular weight excluding hydrogens is 356 g/mol. The molecule has 0 saturated heterocycles. The highest BCUT2D eigenvalue weighted by Crippen LogP contribution is 2.32. The predicted octanol–water partition coefficient (Wildman–Crippen LogP) is 3.50. The van der Waals surface area contributed by atoms with Gasteiger partial charge in [0, 0.05) is 24.6 Å². The van der Waals surface area contributed by atoms with Gasteiger partial charge in [-0.05, 0) is 48.7 Å². The summed E-state index contributed by atoms with van der Waals surface area (Å²) in [5.41, 5.74) is 4.58. The van der Waals surface area contributed by atoms with E-state index in [0.29, 0.717) is 23.8 Å². The Morgan fingerprint density at radius 2 is 1.86 bits per heavy atom. The van der Waals surface area contributed by atoms with Gasteiger partial charge in [0.1, 0.15) is 0 Å². The lowest BCUT2D eigenvalue weighted by molar-refractivity contribution is 0.0950. The number of ether oxygens (including phenoxy) is 2. The summed E-state index contributed by atoms with van der Waals surface area (Å²) in [4.78, 5) is 20.8. The Morgan fingerprint density at radius 3 is 2.68 bits per heavy atom. The molecular formula is C21H20N4O3. The summed E-state index contributed by atoms with van der Waals surface area (Å²) in [6.07, 6.45) is 3.02. The number of hydrogen-bond donors (Lipinski definition) is 2. The van der Waals surface area contributed by atoms with E-state index in [4.69, 9.17) is 9.47 Å². The third-order valence-electron chi connectivity index (χ3n) is 4.66. The number of amides is 1. The topological polar surface area (TPSA) is 85.4 Å². The van der Waals surface area contributed by atoms with Crippen LogP contribution in [0.3, 0.4) is 0 Å². The fraction of sp³-hybridized carbons (Fsp3) is 0.190. The number of carbonyl (C=O) groups excluding carboxylic acids is 1. The van der Waals surface area contributed by atoms with Crippen molar-refractivity contribution in [2.45, 2.75) is 20.4 Å². The first-order valence-corrected chi connectivity index (χ1v) is 8.92. The average molecular weight is 376 g/mol. The molecule has 1 aliphatic heterocycles. The van der Waals surface area contributed by atoms with Crippen LogP contribution in [0.1, 0.15) is 27.0 Å². The molecule has 7 nitrogen and oxygen atoms in total. The van der Waals surface area contributed by atoms with Crippen LogP contribution in [0.2, 0.25) is 0 Å². The van der Waals surface area contributed by atoms with Gasteiger partial charge < -0.3 is 20.1 Å². The van der Waals surface area contributed by atoms with Gasteiger partial charge >= 0.3 is 0 Å². The van der Waals surface area contributed by atoms with E-state index in [1.165, 1.54) is 18.0 Å². The van der Waals surface area contributed by atoms with Crippen LogP contribution >= 0.6 is 0 Å². The molecule has 7 heteroatoms. The fourth-order valence-electron chi connectivity index (χ4n) is 2.85. The minimum Gasteiger partial charge on any atom is -0.454 e. The van der Waals surface area contributed by atoms with Gasteiger partial charge in [-0.2, -0.15) is 0 Å². The Balaban J connectivity index is 1.38. The average Bonchev–Trinajstić information content (AvgIpc) is 3.18. The number of rotatable bonds is 5. The number of hydrogen-bond acceptors (Lipinski definition) is 6. The van der Waals surface area contributed by atoms with Crippen molar-refractivity contribution in [3.8, 4) is 11.5 Å². The molecule has 3 aromatic rings. The molecule has 142 valence electrons. The van der Waals surface area contributed by atoms with Gasteiger partial charge in [0.15, 0.2) is 11.5 Å². The molecule has 0 radical (unpaired) electrons. The summed E-state index contributed by atoms with van der Waals surface area (Å²) in [6, 6.07) is 11.6. The molecule has 1 aliphatic rings. The Hall–Kier alpha value is -3.61. The number of nitrogens with zero attached hydrogens (tertiary/aromatic N) is 2. The molecule has 0 fully saturated rings. The maximum Gasteiger partial charge on any atom is 0.254 e. The van der Waals surface area contributed by atoms with E-state index in [2.05, 4.69) is 33.6 Å². The van der Waals surface area contributed by atoms with Gasteiger partial charge in [0.05, 0.1) is 5.56 Å². The molecule has 1 aromatic heterocycles. The minimum atomic E-state index is -0.240. The normalized spacial score (nSPS) is 11.9. The first-order chi connectivity index (χ1) is 13.6. The first-order valence-electron chi connectivity index (χ1n) is 8.92. The SMILES string of the molecule is Cc1cccc(Nc2ncc(C(=O)NCc3ccc4c(c3)OCO4)cn2)c1C. The van der Waals surface area contributed by atoms with E-state index in [1.807, 2.05) is 37.3 Å². The van der Waals surface area contributed by atoms with E-state index in [1.54, 1.807) is 0 Å². The Kier molecular flexibility index (Phi) is 4.80. The number of nitrogens with one attached hydrogen (secondary N) is 2. The van der Waals surface area contributed by atoms with Gasteiger partial charge in [-0.15, -0.1) is 0 Å². The van der Waals surface area contributed by atoms with Crippen molar-refractivity contribution in [2.75, 3.05) is 12.1 Å². The number of anilines is 2. The van der Waals surface area contributed by atoms with Crippen molar-refractivity contribution in [3.05, 3.63) is 71.0 Å². The molecule has 2 N–H and O–H groups in total. The molecule has 0 aliphatic carbocycles. The minimum absolute atomic E-state index is 0.227. The summed E-state index contributed by atoms with van der Waals surface area (Å²) in [5, 5.41) is 6.04. The molecule has 1 amide bonds. The third-order valence-corrected chi connectivity index (χ3v) is 4.66. The highest BCUT2D eigenvalue weighted by molar-refractivity contribution is 5.93. The summed E-state index contributed by atoms with van der Waals surface area (Å²) in [7, 11) is 0. The van der Waals surface area contributed by atoms with E-state index in [0.717, 1.165) is 22.6 Å². The van der Waals surface area contributed by atoms with Crippen molar-refractivity contribution in [3.63, 3.8) is 0 Å².